The zero-order valence-corrected chi connectivity index (χ0v) is 13.4. The lowest BCUT2D eigenvalue weighted by Crippen LogP contribution is -2.39. The van der Waals surface area contributed by atoms with Gasteiger partial charge in [-0.2, -0.15) is 0 Å². The molecule has 2 N–H and O–H groups in total. The Morgan fingerprint density at radius 3 is 2.62 bits per heavy atom. The highest BCUT2D eigenvalue weighted by Crippen LogP contribution is 2.21. The number of likely N-dealkylation sites (N-methyl/N-ethyl adjacent to an activating group) is 1. The summed E-state index contributed by atoms with van der Waals surface area (Å²) in [4.78, 5) is 16.4. The molecule has 116 valence electrons. The molecule has 0 bridgehead atoms. The first-order valence-electron chi connectivity index (χ1n) is 7.73. The number of hydrogen-bond acceptors (Lipinski definition) is 3. The number of amides is 1. The van der Waals surface area contributed by atoms with Crippen molar-refractivity contribution in [2.45, 2.75) is 32.9 Å². The highest BCUT2D eigenvalue weighted by Gasteiger charge is 2.29. The van der Waals surface area contributed by atoms with Gasteiger partial charge < -0.3 is 10.6 Å². The van der Waals surface area contributed by atoms with E-state index < -0.39 is 0 Å². The molecule has 1 fully saturated rings. The van der Waals surface area contributed by atoms with Crippen LogP contribution in [0.3, 0.4) is 0 Å². The topological polar surface area (TPSA) is 49.6 Å². The second-order valence-electron chi connectivity index (χ2n) is 6.35. The van der Waals surface area contributed by atoms with Gasteiger partial charge in [-0.3, -0.25) is 9.69 Å². The summed E-state index contributed by atoms with van der Waals surface area (Å²) in [6.45, 7) is 7.09. The maximum Gasteiger partial charge on any atom is 0.236 e. The molecule has 1 aliphatic heterocycles. The molecule has 21 heavy (non-hydrogen) atoms. The van der Waals surface area contributed by atoms with Gasteiger partial charge in [-0.15, -0.1) is 0 Å². The molecule has 2 unspecified atom stereocenters. The maximum atomic E-state index is 12.4. The zero-order chi connectivity index (χ0) is 15.4. The summed E-state index contributed by atoms with van der Waals surface area (Å²) in [5, 5.41) is 0. The summed E-state index contributed by atoms with van der Waals surface area (Å²) in [6, 6.07) is 8.80. The number of benzene rings is 1. The second kappa shape index (κ2) is 7.05. The Balaban J connectivity index is 1.86. The molecule has 4 heteroatoms. The van der Waals surface area contributed by atoms with Crippen molar-refractivity contribution in [2.24, 2.45) is 11.7 Å². The fourth-order valence-electron chi connectivity index (χ4n) is 2.96. The van der Waals surface area contributed by atoms with Crippen molar-refractivity contribution in [3.05, 3.63) is 35.4 Å². The minimum absolute atomic E-state index is 0.181. The summed E-state index contributed by atoms with van der Waals surface area (Å²) < 4.78 is 0. The van der Waals surface area contributed by atoms with Crippen LogP contribution in [0.25, 0.3) is 0 Å². The molecule has 0 aromatic heterocycles. The second-order valence-corrected chi connectivity index (χ2v) is 6.35. The van der Waals surface area contributed by atoms with E-state index in [1.807, 2.05) is 11.9 Å². The number of carbonyl (C=O) groups excluding carboxylic acids is 1. The lowest BCUT2D eigenvalue weighted by atomic mass is 10.1. The first-order valence-corrected chi connectivity index (χ1v) is 7.73. The van der Waals surface area contributed by atoms with Crippen LogP contribution in [0, 0.1) is 12.8 Å². The third-order valence-electron chi connectivity index (χ3n) is 4.43. The number of rotatable bonds is 5. The average molecular weight is 289 g/mol. The van der Waals surface area contributed by atoms with Gasteiger partial charge in [0, 0.05) is 26.2 Å². The highest BCUT2D eigenvalue weighted by molar-refractivity contribution is 5.78. The van der Waals surface area contributed by atoms with Gasteiger partial charge in [0.2, 0.25) is 5.91 Å². The monoisotopic (exact) mass is 289 g/mol. The first kappa shape index (κ1) is 16.0. The fraction of sp³-hybridized carbons (Fsp3) is 0.588. The predicted molar refractivity (Wildman–Crippen MR) is 85.8 cm³/mol. The Bertz CT molecular complexity index is 471. The van der Waals surface area contributed by atoms with Crippen LogP contribution >= 0.6 is 0 Å². The molecule has 0 spiro atoms. The van der Waals surface area contributed by atoms with Crippen molar-refractivity contribution in [3.63, 3.8) is 0 Å². The van der Waals surface area contributed by atoms with E-state index in [0.29, 0.717) is 31.6 Å². The third kappa shape index (κ3) is 4.29. The van der Waals surface area contributed by atoms with Crippen molar-refractivity contribution in [1.29, 1.82) is 0 Å². The summed E-state index contributed by atoms with van der Waals surface area (Å²) in [7, 11) is 1.88. The minimum Gasteiger partial charge on any atom is -0.340 e. The van der Waals surface area contributed by atoms with Crippen LogP contribution in [-0.4, -0.2) is 48.4 Å². The molecular weight excluding hydrogens is 262 g/mol. The van der Waals surface area contributed by atoms with Crippen LogP contribution in [0.4, 0.5) is 0 Å². The molecule has 4 nitrogen and oxygen atoms in total. The molecule has 1 heterocycles. The third-order valence-corrected chi connectivity index (χ3v) is 4.43. The molecule has 0 aliphatic carbocycles. The molecule has 1 saturated heterocycles. The van der Waals surface area contributed by atoms with Crippen LogP contribution in [0.5, 0.6) is 0 Å². The van der Waals surface area contributed by atoms with E-state index in [-0.39, 0.29) is 5.91 Å². The van der Waals surface area contributed by atoms with E-state index in [9.17, 15) is 4.79 Å². The van der Waals surface area contributed by atoms with E-state index >= 15 is 0 Å². The lowest BCUT2D eigenvalue weighted by molar-refractivity contribution is -0.131. The fourth-order valence-corrected chi connectivity index (χ4v) is 2.96. The van der Waals surface area contributed by atoms with Gasteiger partial charge in [0.15, 0.2) is 0 Å². The van der Waals surface area contributed by atoms with Crippen molar-refractivity contribution in [2.75, 3.05) is 26.7 Å². The molecule has 2 rings (SSSR count). The van der Waals surface area contributed by atoms with Gasteiger partial charge in [-0.05, 0) is 38.3 Å². The summed E-state index contributed by atoms with van der Waals surface area (Å²) >= 11 is 0. The summed E-state index contributed by atoms with van der Waals surface area (Å²) in [6.07, 6.45) is 1.10. The van der Waals surface area contributed by atoms with Gasteiger partial charge in [0.1, 0.15) is 0 Å². The normalized spacial score (nSPS) is 22.5. The van der Waals surface area contributed by atoms with Crippen molar-refractivity contribution in [3.8, 4) is 0 Å². The minimum atomic E-state index is 0.181. The zero-order valence-electron chi connectivity index (χ0n) is 13.4. The van der Waals surface area contributed by atoms with E-state index in [1.54, 1.807) is 0 Å². The number of nitrogens with zero attached hydrogens (tertiary/aromatic N) is 2. The number of aryl methyl sites for hydroxylation is 1. The van der Waals surface area contributed by atoms with E-state index in [4.69, 9.17) is 5.73 Å². The maximum absolute atomic E-state index is 12.4. The Morgan fingerprint density at radius 2 is 2.05 bits per heavy atom. The molecule has 1 aliphatic rings. The van der Waals surface area contributed by atoms with Crippen LogP contribution in [0.2, 0.25) is 0 Å². The molecule has 1 aromatic rings. The van der Waals surface area contributed by atoms with Crippen molar-refractivity contribution in [1.82, 2.24) is 9.80 Å². The largest absolute Gasteiger partial charge is 0.340 e. The molecule has 0 saturated carbocycles. The average Bonchev–Trinajstić information content (AvgIpc) is 2.82. The number of carbonyl (C=O) groups is 1. The Labute approximate surface area is 127 Å². The van der Waals surface area contributed by atoms with E-state index in [0.717, 1.165) is 13.0 Å². The molecule has 1 amide bonds. The number of hydrogen-bond donors (Lipinski definition) is 1. The molecule has 0 radical (unpaired) electrons. The summed E-state index contributed by atoms with van der Waals surface area (Å²) in [5.41, 5.74) is 8.16. The highest BCUT2D eigenvalue weighted by atomic mass is 16.2. The summed E-state index contributed by atoms with van der Waals surface area (Å²) in [5.74, 6) is 0.718. The van der Waals surface area contributed by atoms with Gasteiger partial charge in [0.25, 0.3) is 0 Å². The van der Waals surface area contributed by atoms with E-state index in [1.165, 1.54) is 11.1 Å². The van der Waals surface area contributed by atoms with Crippen molar-refractivity contribution >= 4 is 5.91 Å². The van der Waals surface area contributed by atoms with E-state index in [2.05, 4.69) is 43.0 Å². The Morgan fingerprint density at radius 1 is 1.38 bits per heavy atom. The number of likely N-dealkylation sites (tertiary alicyclic amines) is 1. The van der Waals surface area contributed by atoms with Crippen molar-refractivity contribution < 1.29 is 4.79 Å². The van der Waals surface area contributed by atoms with Gasteiger partial charge in [-0.1, -0.05) is 29.8 Å². The first-order chi connectivity index (χ1) is 9.99. The standard InChI is InChI=1S/C17H27N3O/c1-13-4-6-15(7-5-13)10-19(3)17(21)12-20-11-16(9-18)8-14(20)2/h4-7,14,16H,8-12,18H2,1-3H3. The van der Waals surface area contributed by atoms with Crippen LogP contribution in [0.1, 0.15) is 24.5 Å². The van der Waals surface area contributed by atoms with Gasteiger partial charge >= 0.3 is 0 Å². The molecular formula is C17H27N3O. The SMILES string of the molecule is Cc1ccc(CN(C)C(=O)CN2CC(CN)CC2C)cc1. The quantitative estimate of drug-likeness (QED) is 0.896. The Kier molecular flexibility index (Phi) is 5.37. The van der Waals surface area contributed by atoms with Gasteiger partial charge in [0.05, 0.1) is 6.54 Å². The molecule has 2 atom stereocenters. The molecule has 1 aromatic carbocycles. The predicted octanol–water partition coefficient (Wildman–Crippen LogP) is 1.62. The van der Waals surface area contributed by atoms with Crippen LogP contribution < -0.4 is 5.73 Å². The Hall–Kier alpha value is -1.39. The lowest BCUT2D eigenvalue weighted by Gasteiger charge is -2.24. The van der Waals surface area contributed by atoms with Gasteiger partial charge in [-0.25, -0.2) is 0 Å². The number of nitrogens with two attached hydrogens (primary N) is 1. The van der Waals surface area contributed by atoms with Crippen LogP contribution in [0.15, 0.2) is 24.3 Å². The van der Waals surface area contributed by atoms with Crippen LogP contribution in [-0.2, 0) is 11.3 Å². The smallest absolute Gasteiger partial charge is 0.236 e.